The fraction of sp³-hybridized carbons (Fsp3) is 0.238. The van der Waals surface area contributed by atoms with E-state index in [0.29, 0.717) is 17.1 Å². The van der Waals surface area contributed by atoms with Crippen molar-refractivity contribution in [2.75, 3.05) is 19.1 Å². The lowest BCUT2D eigenvalue weighted by Crippen LogP contribution is -2.44. The number of imide groups is 1. The molecule has 1 unspecified atom stereocenters. The highest BCUT2D eigenvalue weighted by Gasteiger charge is 2.42. The van der Waals surface area contributed by atoms with Crippen molar-refractivity contribution >= 4 is 33.4 Å². The minimum absolute atomic E-state index is 0.0212. The van der Waals surface area contributed by atoms with Crippen molar-refractivity contribution in [3.8, 4) is 17.4 Å². The van der Waals surface area contributed by atoms with Crippen LogP contribution in [0.25, 0.3) is 5.69 Å². The molecule has 0 spiro atoms. The summed E-state index contributed by atoms with van der Waals surface area (Å²) >= 11 is 3.34. The summed E-state index contributed by atoms with van der Waals surface area (Å²) in [6.45, 7) is 0.0756. The highest BCUT2D eigenvalue weighted by Crippen LogP contribution is 2.27. The molecular weight excluding hydrogens is 468 g/mol. The molecule has 1 atom stereocenters. The summed E-state index contributed by atoms with van der Waals surface area (Å²) in [4.78, 5) is 28.4. The Balaban J connectivity index is 1.55. The summed E-state index contributed by atoms with van der Waals surface area (Å²) in [6, 6.07) is 13.2. The first-order valence-corrected chi connectivity index (χ1v) is 10.2. The summed E-state index contributed by atoms with van der Waals surface area (Å²) in [6.07, 6.45) is 0.0212. The number of anilines is 1. The number of ether oxygens (including phenoxy) is 1. The number of methoxy groups -OCH3 is 1. The predicted octanol–water partition coefficient (Wildman–Crippen LogP) is 1.56. The van der Waals surface area contributed by atoms with Crippen LogP contribution in [0.4, 0.5) is 5.69 Å². The van der Waals surface area contributed by atoms with Gasteiger partial charge in [0.05, 0.1) is 37.1 Å². The highest BCUT2D eigenvalue weighted by molar-refractivity contribution is 9.10. The molecule has 9 nitrogen and oxygen atoms in total. The molecule has 1 aromatic heterocycles. The predicted molar refractivity (Wildman–Crippen MR) is 111 cm³/mol. The fourth-order valence-corrected chi connectivity index (χ4v) is 3.76. The molecule has 0 bridgehead atoms. The lowest BCUT2D eigenvalue weighted by Gasteiger charge is -2.21. The summed E-state index contributed by atoms with van der Waals surface area (Å²) in [5.74, 6) is -0.573. The molecule has 10 heteroatoms. The van der Waals surface area contributed by atoms with Crippen molar-refractivity contribution in [2.24, 2.45) is 0 Å². The van der Waals surface area contributed by atoms with E-state index in [0.717, 1.165) is 4.47 Å². The molecule has 1 aliphatic rings. The molecule has 0 N–H and O–H groups in total. The monoisotopic (exact) mass is 486 g/mol. The number of amides is 2. The van der Waals surface area contributed by atoms with Gasteiger partial charge in [-0.25, -0.2) is 4.90 Å². The third kappa shape index (κ3) is 4.04. The van der Waals surface area contributed by atoms with Gasteiger partial charge in [-0.05, 0) is 48.1 Å². The number of nitrogens with zero attached hydrogens (tertiary/aromatic N) is 4. The Morgan fingerprint density at radius 2 is 1.90 bits per heavy atom. The van der Waals surface area contributed by atoms with Crippen molar-refractivity contribution in [1.82, 2.24) is 10.2 Å². The Labute approximate surface area is 186 Å². The number of likely N-dealkylation sites (N-methyl/N-ethyl adjacent to an activating group) is 1. The van der Waals surface area contributed by atoms with Crippen LogP contribution in [0.5, 0.6) is 11.7 Å². The Bertz CT molecular complexity index is 1110. The average molecular weight is 487 g/mol. The lowest BCUT2D eigenvalue weighted by atomic mass is 10.2. The van der Waals surface area contributed by atoms with E-state index in [1.165, 1.54) is 9.58 Å². The third-order valence-corrected chi connectivity index (χ3v) is 5.68. The quantitative estimate of drug-likeness (QED) is 0.384. The molecule has 31 heavy (non-hydrogen) atoms. The first-order chi connectivity index (χ1) is 14.9. The zero-order valence-corrected chi connectivity index (χ0v) is 18.4. The first kappa shape index (κ1) is 21.0. The standard InChI is InChI=1S/C21H19BrN4O5/c1-24(17-11-19(27)25(20(17)28)14-5-3-13(22)4-6-14)12-18-21(29)31-23-26(18)15-7-9-16(30-2)10-8-15/h3-10,17H,11-12H2,1-2H3. The lowest BCUT2D eigenvalue weighted by molar-refractivity contribution is -0.678. The van der Waals surface area contributed by atoms with Gasteiger partial charge in [-0.15, -0.1) is 0 Å². The Kier molecular flexibility index (Phi) is 5.75. The second-order valence-electron chi connectivity index (χ2n) is 7.10. The van der Waals surface area contributed by atoms with Gasteiger partial charge in [0.25, 0.3) is 11.6 Å². The summed E-state index contributed by atoms with van der Waals surface area (Å²) in [5, 5.41) is 16.1. The SMILES string of the molecule is COc1ccc(-[n+]2noc([O-])c2CN(C)C2CC(=O)N(c3ccc(Br)cc3)C2=O)cc1. The maximum Gasteiger partial charge on any atom is 0.254 e. The van der Waals surface area contributed by atoms with Gasteiger partial charge in [0.1, 0.15) is 5.75 Å². The number of benzene rings is 2. The number of hydrogen-bond acceptors (Lipinski definition) is 7. The van der Waals surface area contributed by atoms with E-state index in [-0.39, 0.29) is 30.5 Å². The smallest absolute Gasteiger partial charge is 0.254 e. The van der Waals surface area contributed by atoms with Gasteiger partial charge in [-0.1, -0.05) is 15.9 Å². The summed E-state index contributed by atoms with van der Waals surface area (Å²) in [7, 11) is 3.25. The minimum Gasteiger partial charge on any atom is -0.539 e. The molecule has 2 amide bonds. The largest absolute Gasteiger partial charge is 0.539 e. The van der Waals surface area contributed by atoms with Crippen LogP contribution >= 0.6 is 15.9 Å². The molecule has 160 valence electrons. The summed E-state index contributed by atoms with van der Waals surface area (Å²) < 4.78 is 12.2. The van der Waals surface area contributed by atoms with Crippen molar-refractivity contribution in [1.29, 1.82) is 0 Å². The Morgan fingerprint density at radius 1 is 1.23 bits per heavy atom. The van der Waals surface area contributed by atoms with Gasteiger partial charge < -0.3 is 14.4 Å². The zero-order valence-electron chi connectivity index (χ0n) is 16.8. The molecule has 3 aromatic rings. The van der Waals surface area contributed by atoms with Crippen LogP contribution in [0, 0.1) is 0 Å². The first-order valence-electron chi connectivity index (χ1n) is 9.44. The molecule has 1 saturated heterocycles. The van der Waals surface area contributed by atoms with Crippen LogP contribution in [0.1, 0.15) is 12.1 Å². The van der Waals surface area contributed by atoms with Crippen molar-refractivity contribution in [3.63, 3.8) is 0 Å². The van der Waals surface area contributed by atoms with E-state index in [9.17, 15) is 14.7 Å². The molecule has 0 aliphatic carbocycles. The molecular formula is C21H19BrN4O5. The maximum absolute atomic E-state index is 13.0. The van der Waals surface area contributed by atoms with Crippen LogP contribution in [-0.4, -0.2) is 42.2 Å². The fourth-order valence-electron chi connectivity index (χ4n) is 3.49. The topological polar surface area (TPSA) is 103 Å². The van der Waals surface area contributed by atoms with Gasteiger partial charge in [-0.2, -0.15) is 0 Å². The van der Waals surface area contributed by atoms with Crippen LogP contribution in [0.3, 0.4) is 0 Å². The van der Waals surface area contributed by atoms with Crippen molar-refractivity contribution in [2.45, 2.75) is 19.0 Å². The van der Waals surface area contributed by atoms with Gasteiger partial charge in [0.15, 0.2) is 5.95 Å². The van der Waals surface area contributed by atoms with E-state index in [1.807, 2.05) is 0 Å². The molecule has 0 saturated carbocycles. The molecule has 0 radical (unpaired) electrons. The van der Waals surface area contributed by atoms with Crippen LogP contribution in [-0.2, 0) is 16.1 Å². The second-order valence-corrected chi connectivity index (χ2v) is 8.01. The van der Waals surface area contributed by atoms with Crippen LogP contribution in [0.15, 0.2) is 57.5 Å². The maximum atomic E-state index is 13.0. The van der Waals surface area contributed by atoms with Gasteiger partial charge in [0, 0.05) is 16.6 Å². The third-order valence-electron chi connectivity index (χ3n) is 5.15. The molecule has 2 aromatic carbocycles. The van der Waals surface area contributed by atoms with E-state index >= 15 is 0 Å². The van der Waals surface area contributed by atoms with Crippen molar-refractivity contribution in [3.05, 3.63) is 58.7 Å². The molecule has 1 fully saturated rings. The van der Waals surface area contributed by atoms with E-state index in [1.54, 1.807) is 67.6 Å². The molecule has 2 heterocycles. The van der Waals surface area contributed by atoms with Gasteiger partial charge >= 0.3 is 0 Å². The summed E-state index contributed by atoms with van der Waals surface area (Å²) in [5.41, 5.74) is 1.37. The zero-order chi connectivity index (χ0) is 22.1. The molecule has 1 aliphatic heterocycles. The van der Waals surface area contributed by atoms with Gasteiger partial charge in [-0.3, -0.25) is 14.5 Å². The van der Waals surface area contributed by atoms with Crippen LogP contribution in [0.2, 0.25) is 0 Å². The second kappa shape index (κ2) is 8.48. The van der Waals surface area contributed by atoms with Gasteiger partial charge in [0.2, 0.25) is 11.6 Å². The van der Waals surface area contributed by atoms with Crippen molar-refractivity contribution < 1.29 is 28.6 Å². The number of carbonyl (C=O) groups excluding carboxylic acids is 2. The molecule has 4 rings (SSSR count). The van der Waals surface area contributed by atoms with E-state index in [2.05, 4.69) is 21.2 Å². The number of rotatable bonds is 6. The number of carbonyl (C=O) groups is 2. The minimum atomic E-state index is -0.699. The number of halogens is 1. The Morgan fingerprint density at radius 3 is 2.55 bits per heavy atom. The van der Waals surface area contributed by atoms with Crippen LogP contribution < -0.4 is 19.4 Å². The number of aromatic nitrogens is 2. The normalized spacial score (nSPS) is 16.4. The van der Waals surface area contributed by atoms with E-state index < -0.39 is 12.0 Å². The highest BCUT2D eigenvalue weighted by atomic mass is 79.9. The van der Waals surface area contributed by atoms with E-state index in [4.69, 9.17) is 9.26 Å². The number of hydrogen-bond donors (Lipinski definition) is 0. The Hall–Kier alpha value is -3.24. The average Bonchev–Trinajstić information content (AvgIpc) is 3.28.